The van der Waals surface area contributed by atoms with Gasteiger partial charge in [0.05, 0.1) is 5.69 Å². The van der Waals surface area contributed by atoms with Crippen LogP contribution < -0.4 is 15.5 Å². The van der Waals surface area contributed by atoms with Gasteiger partial charge in [-0.25, -0.2) is 0 Å². The van der Waals surface area contributed by atoms with Crippen LogP contribution in [0, 0.1) is 0 Å². The van der Waals surface area contributed by atoms with Crippen LogP contribution in [-0.2, 0) is 4.79 Å². The van der Waals surface area contributed by atoms with E-state index in [1.165, 1.54) is 0 Å². The lowest BCUT2D eigenvalue weighted by Gasteiger charge is -2.23. The van der Waals surface area contributed by atoms with Crippen molar-refractivity contribution >= 4 is 33.2 Å². The van der Waals surface area contributed by atoms with Gasteiger partial charge in [0.2, 0.25) is 5.91 Å². The number of anilines is 2. The van der Waals surface area contributed by atoms with Crippen LogP contribution in [0.1, 0.15) is 32.4 Å². The summed E-state index contributed by atoms with van der Waals surface area (Å²) < 4.78 is 1.04. The Kier molecular flexibility index (Phi) is 4.47. The molecule has 1 unspecified atom stereocenters. The minimum absolute atomic E-state index is 0.0282. The summed E-state index contributed by atoms with van der Waals surface area (Å²) in [6.45, 7) is 8.92. The number of amides is 1. The van der Waals surface area contributed by atoms with Crippen LogP contribution in [0.2, 0.25) is 0 Å². The molecule has 1 amide bonds. The standard InChI is InChI=1S/C14H20BrN3O/c1-4-16-13-9-7-10(15)12(18(5-2)6-3)8-11(9)17-14(13)19/h7-8,13,16H,4-6H2,1-3H3,(H,17,19). The maximum atomic E-state index is 12.0. The molecule has 1 aliphatic rings. The van der Waals surface area contributed by atoms with E-state index in [0.29, 0.717) is 0 Å². The third-order valence-electron chi connectivity index (χ3n) is 3.46. The number of halogens is 1. The molecule has 0 aliphatic carbocycles. The third kappa shape index (κ3) is 2.62. The zero-order chi connectivity index (χ0) is 14.0. The number of rotatable bonds is 5. The maximum absolute atomic E-state index is 12.0. The topological polar surface area (TPSA) is 44.4 Å². The van der Waals surface area contributed by atoms with E-state index in [9.17, 15) is 4.79 Å². The Morgan fingerprint density at radius 2 is 2.00 bits per heavy atom. The molecule has 19 heavy (non-hydrogen) atoms. The molecule has 1 aromatic rings. The van der Waals surface area contributed by atoms with Crippen molar-refractivity contribution in [2.24, 2.45) is 0 Å². The van der Waals surface area contributed by atoms with Crippen molar-refractivity contribution in [3.8, 4) is 0 Å². The fraction of sp³-hybridized carbons (Fsp3) is 0.500. The van der Waals surface area contributed by atoms with Gasteiger partial charge in [-0.15, -0.1) is 0 Å². The van der Waals surface area contributed by atoms with Gasteiger partial charge in [-0.1, -0.05) is 6.92 Å². The van der Waals surface area contributed by atoms with E-state index in [1.54, 1.807) is 0 Å². The highest BCUT2D eigenvalue weighted by molar-refractivity contribution is 9.10. The summed E-state index contributed by atoms with van der Waals surface area (Å²) in [5.74, 6) is 0.0282. The monoisotopic (exact) mass is 325 g/mol. The Hall–Kier alpha value is -1.07. The second-order valence-electron chi connectivity index (χ2n) is 4.54. The number of hydrogen-bond donors (Lipinski definition) is 2. The molecule has 0 bridgehead atoms. The summed E-state index contributed by atoms with van der Waals surface area (Å²) in [4.78, 5) is 14.2. The number of carbonyl (C=O) groups excluding carboxylic acids is 1. The van der Waals surface area contributed by atoms with Gasteiger partial charge in [0.1, 0.15) is 6.04 Å². The number of likely N-dealkylation sites (N-methyl/N-ethyl adjacent to an activating group) is 1. The van der Waals surface area contributed by atoms with Crippen molar-refractivity contribution in [2.75, 3.05) is 29.9 Å². The van der Waals surface area contributed by atoms with E-state index in [1.807, 2.05) is 13.0 Å². The van der Waals surface area contributed by atoms with Gasteiger partial charge >= 0.3 is 0 Å². The van der Waals surface area contributed by atoms with Crippen LogP contribution in [-0.4, -0.2) is 25.5 Å². The number of nitrogens with zero attached hydrogens (tertiary/aromatic N) is 1. The van der Waals surface area contributed by atoms with Crippen LogP contribution in [0.15, 0.2) is 16.6 Å². The van der Waals surface area contributed by atoms with Gasteiger partial charge < -0.3 is 15.5 Å². The normalized spacial score (nSPS) is 17.3. The van der Waals surface area contributed by atoms with Gasteiger partial charge in [-0.3, -0.25) is 4.79 Å². The first kappa shape index (κ1) is 14.3. The number of carbonyl (C=O) groups is 1. The van der Waals surface area contributed by atoms with Gasteiger partial charge in [0, 0.05) is 28.8 Å². The second kappa shape index (κ2) is 5.92. The molecule has 0 saturated heterocycles. The Morgan fingerprint density at radius 3 is 2.58 bits per heavy atom. The van der Waals surface area contributed by atoms with E-state index in [2.05, 4.69) is 51.4 Å². The van der Waals surface area contributed by atoms with Gasteiger partial charge in [0.25, 0.3) is 0 Å². The van der Waals surface area contributed by atoms with Crippen LogP contribution in [0.3, 0.4) is 0 Å². The molecular weight excluding hydrogens is 306 g/mol. The van der Waals surface area contributed by atoms with Crippen LogP contribution in [0.5, 0.6) is 0 Å². The summed E-state index contributed by atoms with van der Waals surface area (Å²) in [5, 5.41) is 6.16. The van der Waals surface area contributed by atoms with Crippen LogP contribution in [0.4, 0.5) is 11.4 Å². The third-order valence-corrected chi connectivity index (χ3v) is 4.10. The van der Waals surface area contributed by atoms with E-state index in [-0.39, 0.29) is 11.9 Å². The molecule has 1 aliphatic heterocycles. The molecule has 2 rings (SSSR count). The van der Waals surface area contributed by atoms with E-state index < -0.39 is 0 Å². The van der Waals surface area contributed by atoms with E-state index in [0.717, 1.165) is 41.0 Å². The fourth-order valence-electron chi connectivity index (χ4n) is 2.48. The highest BCUT2D eigenvalue weighted by Crippen LogP contribution is 2.38. The minimum Gasteiger partial charge on any atom is -0.371 e. The molecule has 1 aromatic carbocycles. The molecule has 0 radical (unpaired) electrons. The van der Waals surface area contributed by atoms with Crippen molar-refractivity contribution in [3.05, 3.63) is 22.2 Å². The predicted molar refractivity (Wildman–Crippen MR) is 82.8 cm³/mol. The highest BCUT2D eigenvalue weighted by atomic mass is 79.9. The van der Waals surface area contributed by atoms with Crippen molar-refractivity contribution in [2.45, 2.75) is 26.8 Å². The predicted octanol–water partition coefficient (Wildman–Crippen LogP) is 2.90. The average Bonchev–Trinajstić information content (AvgIpc) is 2.68. The Labute approximate surface area is 122 Å². The molecule has 1 atom stereocenters. The van der Waals surface area contributed by atoms with E-state index in [4.69, 9.17) is 0 Å². The Balaban J connectivity index is 2.41. The molecule has 0 spiro atoms. The van der Waals surface area contributed by atoms with E-state index >= 15 is 0 Å². The molecule has 1 heterocycles. The lowest BCUT2D eigenvalue weighted by Crippen LogP contribution is -2.27. The van der Waals surface area contributed by atoms with Gasteiger partial charge in [0.15, 0.2) is 0 Å². The first-order valence-corrected chi connectivity index (χ1v) is 7.54. The lowest BCUT2D eigenvalue weighted by molar-refractivity contribution is -0.117. The van der Waals surface area contributed by atoms with Gasteiger partial charge in [-0.05, 0) is 48.5 Å². The van der Waals surface area contributed by atoms with Crippen LogP contribution in [0.25, 0.3) is 0 Å². The summed E-state index contributed by atoms with van der Waals surface area (Å²) in [6.07, 6.45) is 0. The fourth-order valence-corrected chi connectivity index (χ4v) is 3.10. The van der Waals surface area contributed by atoms with Crippen molar-refractivity contribution in [1.82, 2.24) is 5.32 Å². The Morgan fingerprint density at radius 1 is 1.32 bits per heavy atom. The molecular formula is C14H20BrN3O. The number of hydrogen-bond acceptors (Lipinski definition) is 3. The van der Waals surface area contributed by atoms with Crippen molar-refractivity contribution in [3.63, 3.8) is 0 Å². The smallest absolute Gasteiger partial charge is 0.246 e. The zero-order valence-electron chi connectivity index (χ0n) is 11.6. The molecule has 0 saturated carbocycles. The van der Waals surface area contributed by atoms with Crippen molar-refractivity contribution in [1.29, 1.82) is 0 Å². The first-order chi connectivity index (χ1) is 9.12. The molecule has 0 aromatic heterocycles. The summed E-state index contributed by atoms with van der Waals surface area (Å²) >= 11 is 3.62. The summed E-state index contributed by atoms with van der Waals surface area (Å²) in [6, 6.07) is 3.87. The largest absolute Gasteiger partial charge is 0.371 e. The van der Waals surface area contributed by atoms with Crippen LogP contribution >= 0.6 is 15.9 Å². The highest BCUT2D eigenvalue weighted by Gasteiger charge is 2.31. The average molecular weight is 326 g/mol. The van der Waals surface area contributed by atoms with Gasteiger partial charge in [-0.2, -0.15) is 0 Å². The number of nitrogens with one attached hydrogen (secondary N) is 2. The second-order valence-corrected chi connectivity index (χ2v) is 5.40. The summed E-state index contributed by atoms with van der Waals surface area (Å²) in [7, 11) is 0. The van der Waals surface area contributed by atoms with Crippen molar-refractivity contribution < 1.29 is 4.79 Å². The molecule has 2 N–H and O–H groups in total. The molecule has 5 heteroatoms. The summed E-state index contributed by atoms with van der Waals surface area (Å²) in [5.41, 5.74) is 3.07. The SMILES string of the molecule is CCNC1C(=O)Nc2cc(N(CC)CC)c(Br)cc21. The zero-order valence-corrected chi connectivity index (χ0v) is 13.2. The Bertz CT molecular complexity index is 486. The number of benzene rings is 1. The minimum atomic E-state index is -0.234. The molecule has 4 nitrogen and oxygen atoms in total. The number of fused-ring (bicyclic) bond motifs is 1. The molecule has 104 valence electrons. The quantitative estimate of drug-likeness (QED) is 0.874. The first-order valence-electron chi connectivity index (χ1n) is 6.74. The molecule has 0 fully saturated rings. The lowest BCUT2D eigenvalue weighted by atomic mass is 10.1. The maximum Gasteiger partial charge on any atom is 0.246 e.